The maximum Gasteiger partial charge on any atom is -0.147 e. The van der Waals surface area contributed by atoms with Gasteiger partial charge in [-0.1, -0.05) is 0 Å². The van der Waals surface area contributed by atoms with Crippen molar-refractivity contribution in [3.63, 3.8) is 0 Å². The Morgan fingerprint density at radius 1 is 0.917 bits per heavy atom. The quantitative estimate of drug-likeness (QED) is 0.590. The number of ether oxygens (including phenoxy) is 2. The topological polar surface area (TPSA) is 58.9 Å². The molecule has 0 bridgehead atoms. The third-order valence-corrected chi connectivity index (χ3v) is 10.9. The van der Waals surface area contributed by atoms with E-state index in [1.165, 1.54) is 9.77 Å². The van der Waals surface area contributed by atoms with Gasteiger partial charge in [-0.25, -0.2) is 0 Å². The first kappa shape index (κ1) is 23.8. The zero-order valence-corrected chi connectivity index (χ0v) is 18.2. The minimum Gasteiger partial charge on any atom is -0.147 e. The monoisotopic (exact) mass is 454 g/mol. The van der Waals surface area contributed by atoms with Crippen molar-refractivity contribution in [2.24, 2.45) is 0 Å². The van der Waals surface area contributed by atoms with Crippen LogP contribution in [-0.4, -0.2) is 39.8 Å². The van der Waals surface area contributed by atoms with Crippen molar-refractivity contribution in [3.05, 3.63) is 42.4 Å². The van der Waals surface area contributed by atoms with E-state index < -0.39 is 21.3 Å². The first-order chi connectivity index (χ1) is 10.7. The van der Waals surface area contributed by atoms with Gasteiger partial charge in [0.1, 0.15) is 0 Å². The smallest absolute Gasteiger partial charge is 0.147 e. The molecule has 0 aliphatic heterocycles. The molecule has 0 heterocycles. The van der Waals surface area contributed by atoms with E-state index in [0.717, 1.165) is 24.4 Å². The van der Waals surface area contributed by atoms with Crippen LogP contribution in [0.1, 0.15) is 26.7 Å². The van der Waals surface area contributed by atoms with E-state index in [1.807, 2.05) is 0 Å². The van der Waals surface area contributed by atoms with Crippen LogP contribution in [0.25, 0.3) is 0 Å². The van der Waals surface area contributed by atoms with Gasteiger partial charge in [-0.05, 0) is 0 Å². The van der Waals surface area contributed by atoms with Gasteiger partial charge < -0.3 is 0 Å². The molecule has 136 valence electrons. The number of aliphatic hydroxyl groups is 2. The van der Waals surface area contributed by atoms with Crippen LogP contribution in [0.3, 0.4) is 0 Å². The van der Waals surface area contributed by atoms with Gasteiger partial charge in [-0.15, -0.1) is 24.8 Å². The van der Waals surface area contributed by atoms with Crippen LogP contribution in [0.4, 0.5) is 0 Å². The molecule has 0 unspecified atom stereocenters. The molecule has 7 heteroatoms. The number of allylic oxidation sites excluding steroid dienone is 6. The third kappa shape index (κ3) is 6.61. The average Bonchev–Trinajstić information content (AvgIpc) is 3.13. The van der Waals surface area contributed by atoms with Crippen LogP contribution in [0.2, 0.25) is 0 Å². The molecule has 0 radical (unpaired) electrons. The number of halogens is 2. The first-order valence-electron chi connectivity index (χ1n) is 7.62. The number of hydrogen-bond acceptors (Lipinski definition) is 4. The van der Waals surface area contributed by atoms with Gasteiger partial charge in [0, 0.05) is 0 Å². The van der Waals surface area contributed by atoms with E-state index >= 15 is 0 Å². The second kappa shape index (κ2) is 12.2. The molecule has 0 fully saturated rings. The summed E-state index contributed by atoms with van der Waals surface area (Å²) in [6.45, 7) is 5.27. The molecule has 2 rings (SSSR count). The molecule has 2 aliphatic rings. The van der Waals surface area contributed by atoms with Crippen molar-refractivity contribution in [2.75, 3.05) is 26.4 Å². The second-order valence-electron chi connectivity index (χ2n) is 5.48. The summed E-state index contributed by atoms with van der Waals surface area (Å²) in [7, 11) is 0. The molecule has 0 aromatic rings. The third-order valence-electron chi connectivity index (χ3n) is 3.54. The summed E-state index contributed by atoms with van der Waals surface area (Å²) in [4.78, 5) is 0. The second-order valence-corrected chi connectivity index (χ2v) is 12.9. The van der Waals surface area contributed by atoms with E-state index in [4.69, 9.17) is 19.7 Å². The van der Waals surface area contributed by atoms with Crippen LogP contribution in [0.5, 0.6) is 0 Å². The van der Waals surface area contributed by atoms with Gasteiger partial charge in [0.25, 0.3) is 0 Å². The van der Waals surface area contributed by atoms with Crippen molar-refractivity contribution in [1.29, 1.82) is 0 Å². The Morgan fingerprint density at radius 2 is 1.33 bits per heavy atom. The van der Waals surface area contributed by atoms with Crippen molar-refractivity contribution in [2.45, 2.75) is 26.7 Å². The summed E-state index contributed by atoms with van der Waals surface area (Å²) >= 11 is -1.97. The van der Waals surface area contributed by atoms with Crippen LogP contribution >= 0.6 is 24.8 Å². The fraction of sp³-hybridized carbons (Fsp3) is 0.471. The molecule has 0 amide bonds. The van der Waals surface area contributed by atoms with Crippen LogP contribution in [-0.2, 0) is 30.7 Å². The maximum absolute atomic E-state index is 8.85. The molecule has 0 aromatic heterocycles. The normalized spacial score (nSPS) is 15.3. The SMILES string of the molecule is C[C](C)=[Zr]([C]1=CC(OCCO)=CC1)[C]1=CC(OCCO)=CC1.Cl.Cl. The van der Waals surface area contributed by atoms with Crippen molar-refractivity contribution >= 4 is 28.0 Å². The van der Waals surface area contributed by atoms with Gasteiger partial charge >= 0.3 is 140 Å². The van der Waals surface area contributed by atoms with E-state index in [1.54, 1.807) is 0 Å². The summed E-state index contributed by atoms with van der Waals surface area (Å²) in [5, 5.41) is 17.7. The molecule has 0 aromatic carbocycles. The molecule has 2 N–H and O–H groups in total. The largest absolute Gasteiger partial charge is 0.147 e. The van der Waals surface area contributed by atoms with Gasteiger partial charge in [0.05, 0.1) is 0 Å². The Morgan fingerprint density at radius 3 is 1.67 bits per heavy atom. The minimum atomic E-state index is -1.97. The molecule has 0 saturated heterocycles. The van der Waals surface area contributed by atoms with Gasteiger partial charge in [0.2, 0.25) is 0 Å². The van der Waals surface area contributed by atoms with E-state index in [-0.39, 0.29) is 38.0 Å². The molecular weight excluding hydrogens is 430 g/mol. The van der Waals surface area contributed by atoms with Crippen molar-refractivity contribution in [1.82, 2.24) is 0 Å². The van der Waals surface area contributed by atoms with Gasteiger partial charge in [-0.3, -0.25) is 0 Å². The summed E-state index contributed by atoms with van der Waals surface area (Å²) < 4.78 is 15.6. The fourth-order valence-electron chi connectivity index (χ4n) is 2.73. The summed E-state index contributed by atoms with van der Waals surface area (Å²) in [6, 6.07) is 0. The van der Waals surface area contributed by atoms with Crippen molar-refractivity contribution < 1.29 is 41.0 Å². The standard InChI is InChI=1S/2C7H9O2.C3H6.2ClH.Zr/c2*8-5-6-9-7-3-1-2-4-7;1-3-2;;;/h2*3-4,8H,1,5-6H2;1-2H3;2*1H;. The molecule has 24 heavy (non-hydrogen) atoms. The number of rotatable bonds is 8. The Kier molecular flexibility index (Phi) is 12.1. The molecule has 2 aliphatic carbocycles. The average molecular weight is 457 g/mol. The molecule has 0 atom stereocenters. The Labute approximate surface area is 163 Å². The van der Waals surface area contributed by atoms with Crippen LogP contribution < -0.4 is 0 Å². The molecule has 0 spiro atoms. The Hall–Kier alpha value is -0.187. The van der Waals surface area contributed by atoms with Gasteiger partial charge in [-0.2, -0.15) is 0 Å². The zero-order valence-electron chi connectivity index (χ0n) is 14.1. The molecular formula is C17H26Cl2O4Zr. The van der Waals surface area contributed by atoms with E-state index in [9.17, 15) is 0 Å². The van der Waals surface area contributed by atoms with E-state index in [2.05, 4.69) is 38.2 Å². The van der Waals surface area contributed by atoms with Crippen LogP contribution in [0, 0.1) is 0 Å². The first-order valence-corrected chi connectivity index (χ1v) is 11.3. The summed E-state index contributed by atoms with van der Waals surface area (Å²) in [5.41, 5.74) is 0. The molecule has 4 nitrogen and oxygen atoms in total. The van der Waals surface area contributed by atoms with Crippen LogP contribution in [0.15, 0.2) is 42.4 Å². The van der Waals surface area contributed by atoms with Gasteiger partial charge in [0.15, 0.2) is 0 Å². The predicted octanol–water partition coefficient (Wildman–Crippen LogP) is 3.02. The number of aliphatic hydroxyl groups excluding tert-OH is 2. The maximum atomic E-state index is 8.85. The van der Waals surface area contributed by atoms with E-state index in [0.29, 0.717) is 13.2 Å². The Balaban J connectivity index is 0.00000264. The Bertz CT molecular complexity index is 529. The van der Waals surface area contributed by atoms with Crippen molar-refractivity contribution in [3.8, 4) is 0 Å². The molecule has 0 saturated carbocycles. The predicted molar refractivity (Wildman–Crippen MR) is 98.5 cm³/mol. The fourth-order valence-corrected chi connectivity index (χ4v) is 9.81. The zero-order chi connectivity index (χ0) is 15.9. The number of hydrogen-bond donors (Lipinski definition) is 2. The summed E-state index contributed by atoms with van der Waals surface area (Å²) in [6.07, 6.45) is 10.5. The minimum absolute atomic E-state index is 0. The summed E-state index contributed by atoms with van der Waals surface area (Å²) in [5.74, 6) is 1.79.